The molecule has 0 bridgehead atoms. The first-order valence-electron chi connectivity index (χ1n) is 5.57. The molecule has 1 aromatic carbocycles. The summed E-state index contributed by atoms with van der Waals surface area (Å²) in [7, 11) is -3.73. The maximum absolute atomic E-state index is 12.3. The molecule has 1 aromatic heterocycles. The number of nitrogens with zero attached hydrogens (tertiary/aromatic N) is 1. The van der Waals surface area contributed by atoms with Crippen LogP contribution < -0.4 is 4.73 Å². The van der Waals surface area contributed by atoms with Crippen LogP contribution in [0, 0.1) is 12.1 Å². The Bertz CT molecular complexity index is 693. The highest BCUT2D eigenvalue weighted by Crippen LogP contribution is 2.21. The van der Waals surface area contributed by atoms with E-state index in [1.165, 1.54) is 12.3 Å². The Balaban J connectivity index is 2.47. The lowest BCUT2D eigenvalue weighted by atomic mass is 10.2. The van der Waals surface area contributed by atoms with Crippen molar-refractivity contribution >= 4 is 21.4 Å². The van der Waals surface area contributed by atoms with Crippen LogP contribution in [0.3, 0.4) is 0 Å². The molecule has 4 nitrogen and oxygen atoms in total. The van der Waals surface area contributed by atoms with Crippen LogP contribution in [0.1, 0.15) is 11.1 Å². The Hall–Kier alpha value is -1.59. The van der Waals surface area contributed by atoms with Crippen LogP contribution in [0.4, 0.5) is 0 Å². The van der Waals surface area contributed by atoms with Gasteiger partial charge in [-0.3, -0.25) is 0 Å². The molecule has 0 saturated heterocycles. The average molecular weight is 298 g/mol. The average Bonchev–Trinajstić information content (AvgIpc) is 2.31. The zero-order chi connectivity index (χ0) is 14.0. The second kappa shape index (κ2) is 5.19. The summed E-state index contributed by atoms with van der Waals surface area (Å²) in [5, 5.41) is 11.8. The second-order valence-electron chi connectivity index (χ2n) is 4.17. The monoisotopic (exact) mass is 297 g/mol. The number of benzene rings is 1. The van der Waals surface area contributed by atoms with Crippen LogP contribution in [0.2, 0.25) is 5.02 Å². The van der Waals surface area contributed by atoms with Gasteiger partial charge in [0.25, 0.3) is 0 Å². The number of halogens is 1. The lowest BCUT2D eigenvalue weighted by Gasteiger charge is -2.08. The highest BCUT2D eigenvalue weighted by Gasteiger charge is 2.27. The van der Waals surface area contributed by atoms with Gasteiger partial charge >= 0.3 is 5.03 Å². The molecule has 0 aliphatic rings. The number of aromatic nitrogens is 1. The second-order valence-corrected chi connectivity index (χ2v) is 6.48. The minimum atomic E-state index is -3.73. The van der Waals surface area contributed by atoms with Gasteiger partial charge in [-0.05, 0) is 24.6 Å². The summed E-state index contributed by atoms with van der Waals surface area (Å²) in [5.74, 6) is -0.292. The van der Waals surface area contributed by atoms with E-state index in [0.29, 0.717) is 20.9 Å². The minimum absolute atomic E-state index is 0.227. The Morgan fingerprint density at radius 2 is 1.89 bits per heavy atom. The summed E-state index contributed by atoms with van der Waals surface area (Å²) < 4.78 is 25.0. The van der Waals surface area contributed by atoms with Gasteiger partial charge in [0.2, 0.25) is 9.84 Å². The van der Waals surface area contributed by atoms with Crippen LogP contribution in [0.25, 0.3) is 0 Å². The van der Waals surface area contributed by atoms with Crippen molar-refractivity contribution in [3.8, 4) is 0 Å². The number of pyridine rings is 1. The van der Waals surface area contributed by atoms with Crippen LogP contribution in [-0.2, 0) is 15.6 Å². The molecule has 0 unspecified atom stereocenters. The van der Waals surface area contributed by atoms with Crippen molar-refractivity contribution in [3.05, 3.63) is 64.0 Å². The molecule has 0 atom stereocenters. The third-order valence-corrected chi connectivity index (χ3v) is 4.85. The Kier molecular flexibility index (Phi) is 3.78. The van der Waals surface area contributed by atoms with Gasteiger partial charge in [0, 0.05) is 16.7 Å². The molecule has 0 N–H and O–H groups in total. The molecule has 0 fully saturated rings. The van der Waals surface area contributed by atoms with Crippen molar-refractivity contribution in [2.45, 2.75) is 17.7 Å². The molecule has 0 saturated carbocycles. The predicted octanol–water partition coefficient (Wildman–Crippen LogP) is 2.26. The summed E-state index contributed by atoms with van der Waals surface area (Å²) in [6.45, 7) is 1.59. The molecule has 19 heavy (non-hydrogen) atoms. The molecular weight excluding hydrogens is 286 g/mol. The number of hydrogen-bond acceptors (Lipinski definition) is 3. The minimum Gasteiger partial charge on any atom is -0.618 e. The number of rotatable bonds is 3. The van der Waals surface area contributed by atoms with E-state index >= 15 is 0 Å². The zero-order valence-corrected chi connectivity index (χ0v) is 11.8. The first-order valence-corrected chi connectivity index (χ1v) is 7.60. The van der Waals surface area contributed by atoms with E-state index in [2.05, 4.69) is 0 Å². The number of hydrogen-bond donors (Lipinski definition) is 0. The van der Waals surface area contributed by atoms with Gasteiger partial charge in [-0.25, -0.2) is 8.42 Å². The summed E-state index contributed by atoms with van der Waals surface area (Å²) in [5.41, 5.74) is 0.900. The molecule has 0 aliphatic heterocycles. The molecule has 0 amide bonds. The fourth-order valence-corrected chi connectivity index (χ4v) is 3.82. The van der Waals surface area contributed by atoms with E-state index in [-0.39, 0.29) is 10.8 Å². The Morgan fingerprint density at radius 1 is 1.21 bits per heavy atom. The van der Waals surface area contributed by atoms with Crippen molar-refractivity contribution < 1.29 is 13.1 Å². The van der Waals surface area contributed by atoms with Crippen LogP contribution >= 0.6 is 11.6 Å². The fraction of sp³-hybridized carbons (Fsp3) is 0.154. The molecular formula is C13H12ClNO3S. The molecule has 2 aromatic rings. The molecule has 0 radical (unpaired) electrons. The number of sulfone groups is 1. The molecule has 6 heteroatoms. The summed E-state index contributed by atoms with van der Waals surface area (Å²) in [6.07, 6.45) is 1.17. The van der Waals surface area contributed by atoms with E-state index in [1.54, 1.807) is 37.3 Å². The van der Waals surface area contributed by atoms with E-state index in [9.17, 15) is 13.6 Å². The lowest BCUT2D eigenvalue weighted by Crippen LogP contribution is -2.35. The summed E-state index contributed by atoms with van der Waals surface area (Å²) >= 11 is 5.95. The van der Waals surface area contributed by atoms with Crippen molar-refractivity contribution in [1.29, 1.82) is 0 Å². The highest BCUT2D eigenvalue weighted by atomic mass is 35.5. The molecule has 0 aliphatic carbocycles. The van der Waals surface area contributed by atoms with E-state index in [1.807, 2.05) is 0 Å². The standard InChI is InChI=1S/C13H12ClNO3S/c1-10-5-4-8-15(16)13(10)19(17,18)9-11-6-2-3-7-12(11)14/h2-8H,9H2,1H3. The predicted molar refractivity (Wildman–Crippen MR) is 72.5 cm³/mol. The third-order valence-electron chi connectivity index (χ3n) is 2.70. The highest BCUT2D eigenvalue weighted by molar-refractivity contribution is 7.90. The Labute approximate surface area is 116 Å². The van der Waals surface area contributed by atoms with Gasteiger partial charge in [-0.2, -0.15) is 4.73 Å². The lowest BCUT2D eigenvalue weighted by molar-refractivity contribution is -0.647. The van der Waals surface area contributed by atoms with E-state index < -0.39 is 9.84 Å². The van der Waals surface area contributed by atoms with Crippen LogP contribution in [0.15, 0.2) is 47.6 Å². The fourth-order valence-electron chi connectivity index (χ4n) is 1.85. The van der Waals surface area contributed by atoms with Gasteiger partial charge in [0.05, 0.1) is 5.75 Å². The molecule has 0 spiro atoms. The molecule has 2 rings (SSSR count). The maximum atomic E-state index is 12.3. The van der Waals surface area contributed by atoms with Crippen molar-refractivity contribution in [2.75, 3.05) is 0 Å². The van der Waals surface area contributed by atoms with Gasteiger partial charge in [0.1, 0.15) is 0 Å². The van der Waals surface area contributed by atoms with E-state index in [0.717, 1.165) is 0 Å². The van der Waals surface area contributed by atoms with Crippen molar-refractivity contribution in [1.82, 2.24) is 0 Å². The van der Waals surface area contributed by atoms with Crippen molar-refractivity contribution in [2.24, 2.45) is 0 Å². The smallest absolute Gasteiger partial charge is 0.311 e. The van der Waals surface area contributed by atoms with E-state index in [4.69, 9.17) is 11.6 Å². The third kappa shape index (κ3) is 2.88. The van der Waals surface area contributed by atoms with Gasteiger partial charge in [0.15, 0.2) is 6.20 Å². The molecule has 100 valence electrons. The Morgan fingerprint density at radius 3 is 2.53 bits per heavy atom. The maximum Gasteiger partial charge on any atom is 0.311 e. The number of aryl methyl sites for hydroxylation is 1. The summed E-state index contributed by atoms with van der Waals surface area (Å²) in [4.78, 5) is 0. The topological polar surface area (TPSA) is 61.1 Å². The van der Waals surface area contributed by atoms with Gasteiger partial charge in [-0.15, -0.1) is 0 Å². The van der Waals surface area contributed by atoms with Crippen LogP contribution in [0.5, 0.6) is 0 Å². The largest absolute Gasteiger partial charge is 0.618 e. The zero-order valence-electron chi connectivity index (χ0n) is 10.2. The van der Waals surface area contributed by atoms with Gasteiger partial charge in [-0.1, -0.05) is 29.8 Å². The summed E-state index contributed by atoms with van der Waals surface area (Å²) in [6, 6.07) is 9.79. The van der Waals surface area contributed by atoms with Crippen molar-refractivity contribution in [3.63, 3.8) is 0 Å². The quantitative estimate of drug-likeness (QED) is 0.645. The first kappa shape index (κ1) is 13.8. The first-order chi connectivity index (χ1) is 8.92. The SMILES string of the molecule is Cc1ccc[n+]([O-])c1S(=O)(=O)Cc1ccccc1Cl. The van der Waals surface area contributed by atoms with Crippen LogP contribution in [-0.4, -0.2) is 8.42 Å². The van der Waals surface area contributed by atoms with Gasteiger partial charge < -0.3 is 5.21 Å². The molecule has 1 heterocycles. The normalized spacial score (nSPS) is 11.5.